The molecule has 1 heteroatoms. The molecular weight excluding hydrogens is 344 g/mol. The van der Waals surface area contributed by atoms with Crippen molar-refractivity contribution in [2.75, 3.05) is 0 Å². The van der Waals surface area contributed by atoms with Gasteiger partial charge in [-0.1, -0.05) is 80.6 Å². The zero-order chi connectivity index (χ0) is 16.0. The van der Waals surface area contributed by atoms with Gasteiger partial charge in [-0.2, -0.15) is 0 Å². The van der Waals surface area contributed by atoms with Crippen LogP contribution < -0.4 is 0 Å². The van der Waals surface area contributed by atoms with E-state index in [1.165, 1.54) is 48.3 Å². The number of fused-ring (bicyclic) bond motifs is 5. The Bertz CT molecular complexity index is 1040. The second kappa shape index (κ2) is 5.50. The molecular formula is C22H17Br. The second-order valence-electron chi connectivity index (χ2n) is 5.51. The zero-order valence-corrected chi connectivity index (χ0v) is 14.8. The molecule has 112 valence electrons. The van der Waals surface area contributed by atoms with Gasteiger partial charge in [0, 0.05) is 4.47 Å². The lowest BCUT2D eigenvalue weighted by Crippen LogP contribution is -1.83. The van der Waals surface area contributed by atoms with Gasteiger partial charge in [0.2, 0.25) is 0 Å². The molecule has 4 aromatic carbocycles. The molecule has 0 saturated carbocycles. The van der Waals surface area contributed by atoms with Crippen LogP contribution in [0.3, 0.4) is 0 Å². The van der Waals surface area contributed by atoms with Gasteiger partial charge in [-0.25, -0.2) is 0 Å². The van der Waals surface area contributed by atoms with Crippen LogP contribution in [0.5, 0.6) is 0 Å². The molecule has 0 saturated heterocycles. The van der Waals surface area contributed by atoms with Crippen LogP contribution in [0.1, 0.15) is 13.8 Å². The van der Waals surface area contributed by atoms with Crippen molar-refractivity contribution in [3.8, 4) is 22.3 Å². The van der Waals surface area contributed by atoms with Gasteiger partial charge in [0.1, 0.15) is 0 Å². The summed E-state index contributed by atoms with van der Waals surface area (Å²) in [6.45, 7) is 4.00. The predicted octanol–water partition coefficient (Wildman–Crippen LogP) is 7.43. The molecule has 0 nitrogen and oxygen atoms in total. The molecule has 0 N–H and O–H groups in total. The first-order valence-electron chi connectivity index (χ1n) is 8.09. The van der Waals surface area contributed by atoms with Crippen LogP contribution in [0.4, 0.5) is 0 Å². The number of halogens is 1. The van der Waals surface area contributed by atoms with Crippen molar-refractivity contribution < 1.29 is 0 Å². The molecule has 0 unspecified atom stereocenters. The molecule has 4 aromatic rings. The van der Waals surface area contributed by atoms with Crippen molar-refractivity contribution in [2.24, 2.45) is 0 Å². The maximum absolute atomic E-state index is 3.82. The van der Waals surface area contributed by atoms with E-state index in [2.05, 4.69) is 82.7 Å². The van der Waals surface area contributed by atoms with Crippen LogP contribution in [0.15, 0.2) is 71.2 Å². The summed E-state index contributed by atoms with van der Waals surface area (Å²) in [5, 5.41) is 5.30. The van der Waals surface area contributed by atoms with Crippen molar-refractivity contribution >= 4 is 37.5 Å². The van der Waals surface area contributed by atoms with Crippen LogP contribution in [0.25, 0.3) is 43.8 Å². The minimum atomic E-state index is 1.20. The summed E-state index contributed by atoms with van der Waals surface area (Å²) in [4.78, 5) is 0. The van der Waals surface area contributed by atoms with E-state index < -0.39 is 0 Å². The van der Waals surface area contributed by atoms with Gasteiger partial charge >= 0.3 is 0 Å². The number of hydrogen-bond acceptors (Lipinski definition) is 0. The maximum Gasteiger partial charge on any atom is 0.0332 e. The Morgan fingerprint density at radius 1 is 0.565 bits per heavy atom. The first-order valence-corrected chi connectivity index (χ1v) is 8.88. The lowest BCUT2D eigenvalue weighted by molar-refractivity contribution is 1.50. The summed E-state index contributed by atoms with van der Waals surface area (Å²) in [7, 11) is 0. The average molecular weight is 361 g/mol. The summed E-state index contributed by atoms with van der Waals surface area (Å²) in [5.74, 6) is 0. The Morgan fingerprint density at radius 3 is 1.91 bits per heavy atom. The predicted molar refractivity (Wildman–Crippen MR) is 105 cm³/mol. The Morgan fingerprint density at radius 2 is 1.13 bits per heavy atom. The highest BCUT2D eigenvalue weighted by atomic mass is 79.9. The summed E-state index contributed by atoms with van der Waals surface area (Å²) in [5.41, 5.74) is 5.44. The largest absolute Gasteiger partial charge is 0.0683 e. The Kier molecular flexibility index (Phi) is 3.46. The molecule has 0 fully saturated rings. The first kappa shape index (κ1) is 14.5. The minimum absolute atomic E-state index is 1.20. The van der Waals surface area contributed by atoms with Crippen molar-refractivity contribution in [1.82, 2.24) is 0 Å². The monoisotopic (exact) mass is 360 g/mol. The number of rotatable bonds is 0. The molecule has 0 spiro atoms. The fourth-order valence-corrected chi connectivity index (χ4v) is 4.29. The fraction of sp³-hybridized carbons (Fsp3) is 0.0909. The van der Waals surface area contributed by atoms with E-state index in [-0.39, 0.29) is 0 Å². The first-order chi connectivity index (χ1) is 11.4. The van der Waals surface area contributed by atoms with E-state index in [0.29, 0.717) is 0 Å². The molecule has 1 aliphatic carbocycles. The molecule has 0 bridgehead atoms. The van der Waals surface area contributed by atoms with Gasteiger partial charge in [0.05, 0.1) is 0 Å². The highest BCUT2D eigenvalue weighted by Gasteiger charge is 2.24. The van der Waals surface area contributed by atoms with Crippen molar-refractivity contribution in [3.63, 3.8) is 0 Å². The van der Waals surface area contributed by atoms with Crippen molar-refractivity contribution in [2.45, 2.75) is 13.8 Å². The summed E-state index contributed by atoms with van der Waals surface area (Å²) < 4.78 is 1.20. The SMILES string of the molecule is Brc1c2ccccc2c2c3c(cccc13)-c1ccccc1-2.CC. The second-order valence-corrected chi connectivity index (χ2v) is 6.30. The van der Waals surface area contributed by atoms with Crippen molar-refractivity contribution in [3.05, 3.63) is 71.2 Å². The average Bonchev–Trinajstić information content (AvgIpc) is 2.97. The summed E-state index contributed by atoms with van der Waals surface area (Å²) in [6, 6.07) is 24.0. The van der Waals surface area contributed by atoms with Gasteiger partial charge < -0.3 is 0 Å². The number of hydrogen-bond donors (Lipinski definition) is 0. The van der Waals surface area contributed by atoms with Crippen LogP contribution in [-0.2, 0) is 0 Å². The quantitative estimate of drug-likeness (QED) is 0.252. The van der Waals surface area contributed by atoms with Gasteiger partial charge in [-0.3, -0.25) is 0 Å². The fourth-order valence-electron chi connectivity index (χ4n) is 3.62. The minimum Gasteiger partial charge on any atom is -0.0683 e. The topological polar surface area (TPSA) is 0 Å². The summed E-state index contributed by atoms with van der Waals surface area (Å²) in [6.07, 6.45) is 0. The van der Waals surface area contributed by atoms with Crippen molar-refractivity contribution in [1.29, 1.82) is 0 Å². The molecule has 5 rings (SSSR count). The van der Waals surface area contributed by atoms with Crippen LogP contribution in [0, 0.1) is 0 Å². The lowest BCUT2D eigenvalue weighted by Gasteiger charge is -2.10. The van der Waals surface area contributed by atoms with Gasteiger partial charge in [-0.15, -0.1) is 0 Å². The Hall–Kier alpha value is -2.12. The standard InChI is InChI=1S/C20H11Br.C2H6/c21-20-16-9-4-3-8-15(16)18-13-7-2-1-6-12(13)14-10-5-11-17(20)19(14)18;1-2/h1-11H;1-2H3. The van der Waals surface area contributed by atoms with E-state index in [1.54, 1.807) is 0 Å². The van der Waals surface area contributed by atoms with Gasteiger partial charge in [0.25, 0.3) is 0 Å². The molecule has 0 heterocycles. The van der Waals surface area contributed by atoms with Gasteiger partial charge in [-0.05, 0) is 59.7 Å². The molecule has 0 aliphatic heterocycles. The van der Waals surface area contributed by atoms with Crippen LogP contribution in [0.2, 0.25) is 0 Å². The Balaban J connectivity index is 0.000000652. The molecule has 1 aliphatic rings. The maximum atomic E-state index is 3.82. The third-order valence-electron chi connectivity index (χ3n) is 4.47. The van der Waals surface area contributed by atoms with Crippen LogP contribution in [-0.4, -0.2) is 0 Å². The third kappa shape index (κ3) is 1.90. The zero-order valence-electron chi connectivity index (χ0n) is 13.2. The van der Waals surface area contributed by atoms with E-state index in [9.17, 15) is 0 Å². The number of benzene rings is 4. The Labute approximate surface area is 144 Å². The highest BCUT2D eigenvalue weighted by Crippen LogP contribution is 2.52. The molecule has 0 radical (unpaired) electrons. The van der Waals surface area contributed by atoms with Gasteiger partial charge in [0.15, 0.2) is 0 Å². The molecule has 0 amide bonds. The molecule has 23 heavy (non-hydrogen) atoms. The molecule has 0 atom stereocenters. The van der Waals surface area contributed by atoms with E-state index in [0.717, 1.165) is 0 Å². The normalized spacial score (nSPS) is 11.3. The van der Waals surface area contributed by atoms with E-state index in [1.807, 2.05) is 13.8 Å². The van der Waals surface area contributed by atoms with E-state index in [4.69, 9.17) is 0 Å². The lowest BCUT2D eigenvalue weighted by atomic mass is 9.96. The van der Waals surface area contributed by atoms with Crippen LogP contribution >= 0.6 is 15.9 Å². The smallest absolute Gasteiger partial charge is 0.0332 e. The molecule has 0 aromatic heterocycles. The van der Waals surface area contributed by atoms with E-state index >= 15 is 0 Å². The summed E-state index contributed by atoms with van der Waals surface area (Å²) >= 11 is 3.82. The third-order valence-corrected chi connectivity index (χ3v) is 5.32. The highest BCUT2D eigenvalue weighted by molar-refractivity contribution is 9.10.